The highest BCUT2D eigenvalue weighted by molar-refractivity contribution is 5.19. The van der Waals surface area contributed by atoms with E-state index in [4.69, 9.17) is 16.6 Å². The molecule has 0 saturated carbocycles. The molecule has 86 valence electrons. The maximum atomic E-state index is 9.08. The van der Waals surface area contributed by atoms with Crippen molar-refractivity contribution in [1.29, 1.82) is 0 Å². The molecule has 3 nitrogen and oxygen atoms in total. The number of nitrogens with zero attached hydrogens (tertiary/aromatic N) is 1. The minimum absolute atomic E-state index is 0.0720. The summed E-state index contributed by atoms with van der Waals surface area (Å²) in [6.07, 6.45) is 4.18. The van der Waals surface area contributed by atoms with Gasteiger partial charge in [-0.2, -0.15) is 0 Å². The zero-order chi connectivity index (χ0) is 12.0. The normalized spacial score (nSPS) is 12.8. The molecule has 0 bridgehead atoms. The molecule has 1 rings (SSSR count). The molecule has 3 heteroatoms. The molecule has 0 fully saturated rings. The van der Waals surface area contributed by atoms with Crippen LogP contribution in [0.1, 0.15) is 18.0 Å². The van der Waals surface area contributed by atoms with E-state index in [0.717, 1.165) is 5.56 Å². The lowest BCUT2D eigenvalue weighted by molar-refractivity contribution is -0.0600. The fourth-order valence-electron chi connectivity index (χ4n) is 1.70. The average Bonchev–Trinajstić information content (AvgIpc) is 2.27. The van der Waals surface area contributed by atoms with Crippen LogP contribution in [0.5, 0.6) is 0 Å². The van der Waals surface area contributed by atoms with Gasteiger partial charge in [0.25, 0.3) is 0 Å². The predicted molar refractivity (Wildman–Crippen MR) is 63.5 cm³/mol. The summed E-state index contributed by atoms with van der Waals surface area (Å²) < 4.78 is 0. The maximum absolute atomic E-state index is 9.08. The first-order chi connectivity index (χ1) is 7.65. The van der Waals surface area contributed by atoms with Crippen LogP contribution in [0.25, 0.3) is 0 Å². The van der Waals surface area contributed by atoms with E-state index in [9.17, 15) is 0 Å². The van der Waals surface area contributed by atoms with Crippen LogP contribution in [0.15, 0.2) is 30.3 Å². The van der Waals surface area contributed by atoms with Crippen LogP contribution in [0.4, 0.5) is 0 Å². The first-order valence-corrected chi connectivity index (χ1v) is 5.20. The second-order valence-corrected chi connectivity index (χ2v) is 3.76. The van der Waals surface area contributed by atoms with Gasteiger partial charge < -0.3 is 10.2 Å². The highest BCUT2D eigenvalue weighted by atomic mass is 16.5. The molecule has 0 saturated heterocycles. The highest BCUT2D eigenvalue weighted by Crippen LogP contribution is 2.23. The van der Waals surface area contributed by atoms with Crippen molar-refractivity contribution in [3.05, 3.63) is 35.9 Å². The second kappa shape index (κ2) is 6.29. The molecule has 0 spiro atoms. The monoisotopic (exact) mass is 219 g/mol. The lowest BCUT2D eigenvalue weighted by Gasteiger charge is -2.27. The molecule has 0 heterocycles. The van der Waals surface area contributed by atoms with Crippen molar-refractivity contribution in [2.24, 2.45) is 0 Å². The Morgan fingerprint density at radius 2 is 1.94 bits per heavy atom. The van der Waals surface area contributed by atoms with E-state index >= 15 is 0 Å². The van der Waals surface area contributed by atoms with Crippen LogP contribution in [0.3, 0.4) is 0 Å². The third-order valence-electron chi connectivity index (χ3n) is 2.49. The maximum Gasteiger partial charge on any atom is 0.153 e. The van der Waals surface area contributed by atoms with Gasteiger partial charge in [-0.1, -0.05) is 36.3 Å². The number of rotatable bonds is 5. The van der Waals surface area contributed by atoms with Gasteiger partial charge >= 0.3 is 0 Å². The van der Waals surface area contributed by atoms with Crippen molar-refractivity contribution in [3.8, 4) is 12.3 Å². The van der Waals surface area contributed by atoms with Crippen molar-refractivity contribution in [2.75, 3.05) is 13.6 Å². The topological polar surface area (TPSA) is 43.7 Å². The minimum Gasteiger partial charge on any atom is -0.368 e. The van der Waals surface area contributed by atoms with E-state index < -0.39 is 6.29 Å². The third-order valence-corrected chi connectivity index (χ3v) is 2.49. The molecule has 16 heavy (non-hydrogen) atoms. The molecular weight excluding hydrogens is 202 g/mol. The molecule has 1 atom stereocenters. The molecular formula is C13H17NO2. The largest absolute Gasteiger partial charge is 0.368 e. The summed E-state index contributed by atoms with van der Waals surface area (Å²) in [5, 5.41) is 18.2. The van der Waals surface area contributed by atoms with Crippen molar-refractivity contribution >= 4 is 0 Å². The Bertz CT molecular complexity index is 343. The average molecular weight is 219 g/mol. The molecule has 1 unspecified atom stereocenters. The Morgan fingerprint density at radius 3 is 2.44 bits per heavy atom. The number of hydrogen-bond donors (Lipinski definition) is 2. The summed E-state index contributed by atoms with van der Waals surface area (Å²) in [5.74, 6) is 2.55. The second-order valence-electron chi connectivity index (χ2n) is 3.76. The van der Waals surface area contributed by atoms with Crippen LogP contribution in [-0.2, 0) is 0 Å². The Kier molecular flexibility index (Phi) is 5.00. The summed E-state index contributed by atoms with van der Waals surface area (Å²) in [6, 6.07) is 9.63. The number of terminal acetylenes is 1. The molecule has 1 aromatic carbocycles. The molecule has 1 aromatic rings. The molecule has 2 N–H and O–H groups in total. The van der Waals surface area contributed by atoms with Crippen molar-refractivity contribution in [2.45, 2.75) is 18.8 Å². The smallest absolute Gasteiger partial charge is 0.153 e. The number of hydrogen-bond acceptors (Lipinski definition) is 3. The van der Waals surface area contributed by atoms with Gasteiger partial charge in [-0.05, 0) is 12.6 Å². The highest BCUT2D eigenvalue weighted by Gasteiger charge is 2.18. The van der Waals surface area contributed by atoms with Crippen molar-refractivity contribution < 1.29 is 10.2 Å². The van der Waals surface area contributed by atoms with Crippen LogP contribution < -0.4 is 0 Å². The fraction of sp³-hybridized carbons (Fsp3) is 0.385. The standard InChI is InChI=1S/C13H17NO2/c1-3-9-14(2)12(10-13(15)16)11-7-5-4-6-8-11/h1,4-8,12-13,15-16H,9-10H2,2H3. The van der Waals surface area contributed by atoms with Gasteiger partial charge in [0.15, 0.2) is 6.29 Å². The zero-order valence-electron chi connectivity index (χ0n) is 9.37. The predicted octanol–water partition coefficient (Wildman–Crippen LogP) is 0.994. The van der Waals surface area contributed by atoms with Crippen molar-refractivity contribution in [3.63, 3.8) is 0 Å². The summed E-state index contributed by atoms with van der Waals surface area (Å²) in [6.45, 7) is 0.478. The van der Waals surface area contributed by atoms with E-state index in [2.05, 4.69) is 5.92 Å². The first kappa shape index (κ1) is 12.7. The van der Waals surface area contributed by atoms with Crippen molar-refractivity contribution in [1.82, 2.24) is 4.90 Å². The first-order valence-electron chi connectivity index (χ1n) is 5.20. The van der Waals surface area contributed by atoms with Crippen LogP contribution in [0, 0.1) is 12.3 Å². The van der Waals surface area contributed by atoms with Gasteiger partial charge in [0.05, 0.1) is 6.54 Å². The number of aliphatic hydroxyl groups is 2. The Hall–Kier alpha value is -1.34. The van der Waals surface area contributed by atoms with Gasteiger partial charge in [-0.3, -0.25) is 4.90 Å². The lowest BCUT2D eigenvalue weighted by Crippen LogP contribution is -2.28. The summed E-state index contributed by atoms with van der Waals surface area (Å²) in [4.78, 5) is 1.93. The van der Waals surface area contributed by atoms with Gasteiger partial charge in [0.1, 0.15) is 0 Å². The molecule has 0 radical (unpaired) electrons. The molecule has 0 aliphatic rings. The van der Waals surface area contributed by atoms with Gasteiger partial charge in [0.2, 0.25) is 0 Å². The minimum atomic E-state index is -1.33. The van der Waals surface area contributed by atoms with Crippen LogP contribution in [0.2, 0.25) is 0 Å². The van der Waals surface area contributed by atoms with Crippen LogP contribution in [-0.4, -0.2) is 35.0 Å². The van der Waals surface area contributed by atoms with Gasteiger partial charge in [-0.25, -0.2) is 0 Å². The molecule has 0 aromatic heterocycles. The quantitative estimate of drug-likeness (QED) is 0.573. The fourth-order valence-corrected chi connectivity index (χ4v) is 1.70. The van der Waals surface area contributed by atoms with E-state index in [1.54, 1.807) is 0 Å². The van der Waals surface area contributed by atoms with Gasteiger partial charge in [-0.15, -0.1) is 6.42 Å². The Labute approximate surface area is 96.3 Å². The molecule has 0 aliphatic carbocycles. The van der Waals surface area contributed by atoms with E-state index in [1.165, 1.54) is 0 Å². The zero-order valence-corrected chi connectivity index (χ0v) is 9.37. The van der Waals surface area contributed by atoms with Crippen LogP contribution >= 0.6 is 0 Å². The molecule has 0 amide bonds. The SMILES string of the molecule is C#CCN(C)C(CC(O)O)c1ccccc1. The third kappa shape index (κ3) is 3.67. The number of aliphatic hydroxyl groups excluding tert-OH is 1. The summed E-state index contributed by atoms with van der Waals surface area (Å²) in [5.41, 5.74) is 1.04. The molecule has 0 aliphatic heterocycles. The summed E-state index contributed by atoms with van der Waals surface area (Å²) in [7, 11) is 1.87. The van der Waals surface area contributed by atoms with E-state index in [0.29, 0.717) is 6.54 Å². The van der Waals surface area contributed by atoms with E-state index in [-0.39, 0.29) is 12.5 Å². The number of benzene rings is 1. The Morgan fingerprint density at radius 1 is 1.31 bits per heavy atom. The van der Waals surface area contributed by atoms with Gasteiger partial charge in [0, 0.05) is 12.5 Å². The summed E-state index contributed by atoms with van der Waals surface area (Å²) >= 11 is 0. The van der Waals surface area contributed by atoms with E-state index in [1.807, 2.05) is 42.3 Å². The Balaban J connectivity index is 2.83. The lowest BCUT2D eigenvalue weighted by atomic mass is 10.0.